The van der Waals surface area contributed by atoms with E-state index in [-0.39, 0.29) is 10.0 Å². The molecule has 15 heavy (non-hydrogen) atoms. The van der Waals surface area contributed by atoms with Crippen LogP contribution in [0.5, 0.6) is 0 Å². The summed E-state index contributed by atoms with van der Waals surface area (Å²) in [6.07, 6.45) is 0. The second-order valence-electron chi connectivity index (χ2n) is 3.04. The van der Waals surface area contributed by atoms with Crippen molar-refractivity contribution in [1.82, 2.24) is 0 Å². The van der Waals surface area contributed by atoms with Crippen molar-refractivity contribution in [3.8, 4) is 0 Å². The van der Waals surface area contributed by atoms with Crippen LogP contribution < -0.4 is 5.73 Å². The summed E-state index contributed by atoms with van der Waals surface area (Å²) in [6.45, 7) is -1.42. The van der Waals surface area contributed by atoms with Crippen LogP contribution >= 0.6 is 15.9 Å². The Kier molecular flexibility index (Phi) is 3.75. The molecule has 0 aliphatic carbocycles. The minimum Gasteiger partial charge on any atom is -0.390 e. The van der Waals surface area contributed by atoms with Crippen molar-refractivity contribution in [3.63, 3.8) is 0 Å². The fourth-order valence-electron chi connectivity index (χ4n) is 1.09. The van der Waals surface area contributed by atoms with E-state index in [1.54, 1.807) is 0 Å². The Labute approximate surface area is 93.0 Å². The summed E-state index contributed by atoms with van der Waals surface area (Å²) in [4.78, 5) is 0. The largest absolute Gasteiger partial charge is 0.390 e. The van der Waals surface area contributed by atoms with E-state index in [0.29, 0.717) is 0 Å². The summed E-state index contributed by atoms with van der Waals surface area (Å²) in [7, 11) is 0. The van der Waals surface area contributed by atoms with Gasteiger partial charge in [0.1, 0.15) is 12.4 Å². The monoisotopic (exact) mass is 283 g/mol. The van der Waals surface area contributed by atoms with Crippen LogP contribution in [0, 0.1) is 5.82 Å². The van der Waals surface area contributed by atoms with Gasteiger partial charge >= 0.3 is 0 Å². The fourth-order valence-corrected chi connectivity index (χ4v) is 1.47. The molecule has 0 aromatic heterocycles. The zero-order valence-electron chi connectivity index (χ0n) is 7.55. The third-order valence-electron chi connectivity index (χ3n) is 1.98. The first-order chi connectivity index (χ1) is 6.90. The Hall–Kier alpha value is -0.590. The number of rotatable bonds is 3. The van der Waals surface area contributed by atoms with Crippen LogP contribution in [0.2, 0.25) is 0 Å². The van der Waals surface area contributed by atoms with Crippen molar-refractivity contribution in [2.24, 2.45) is 5.73 Å². The molecular formula is C9H9BrF3NO. The highest BCUT2D eigenvalue weighted by molar-refractivity contribution is 9.10. The lowest BCUT2D eigenvalue weighted by Gasteiger charge is -2.22. The average molecular weight is 284 g/mol. The number of alkyl halides is 2. The molecule has 0 aliphatic heterocycles. The van der Waals surface area contributed by atoms with Crippen LogP contribution in [-0.2, 0) is 0 Å². The van der Waals surface area contributed by atoms with E-state index in [2.05, 4.69) is 15.9 Å². The smallest absolute Gasteiger partial charge is 0.289 e. The lowest BCUT2D eigenvalue weighted by molar-refractivity contribution is -0.0719. The molecule has 0 unspecified atom stereocenters. The van der Waals surface area contributed by atoms with Gasteiger partial charge in [-0.1, -0.05) is 12.1 Å². The Morgan fingerprint density at radius 3 is 2.60 bits per heavy atom. The first-order valence-corrected chi connectivity index (χ1v) is 4.87. The van der Waals surface area contributed by atoms with Gasteiger partial charge < -0.3 is 10.8 Å². The number of benzene rings is 1. The van der Waals surface area contributed by atoms with E-state index in [9.17, 15) is 13.2 Å². The van der Waals surface area contributed by atoms with E-state index in [1.165, 1.54) is 12.1 Å². The minimum atomic E-state index is -3.54. The molecule has 6 heteroatoms. The maximum Gasteiger partial charge on any atom is 0.289 e. The van der Waals surface area contributed by atoms with Crippen molar-refractivity contribution >= 4 is 15.9 Å². The molecule has 0 saturated heterocycles. The fraction of sp³-hybridized carbons (Fsp3) is 0.333. The standard InChI is InChI=1S/C9H9BrF3NO/c10-6-3-1-2-5(7(6)11)8(14)9(12,13)4-15/h1-3,8,15H,4,14H2/t8-/m1/s1. The second kappa shape index (κ2) is 4.51. The van der Waals surface area contributed by atoms with Gasteiger partial charge in [0.25, 0.3) is 5.92 Å². The summed E-state index contributed by atoms with van der Waals surface area (Å²) >= 11 is 2.87. The predicted octanol–water partition coefficient (Wildman–Crippen LogP) is 2.22. The molecule has 1 atom stereocenters. The number of hydrogen-bond donors (Lipinski definition) is 2. The summed E-state index contributed by atoms with van der Waals surface area (Å²) in [5, 5.41) is 8.42. The van der Waals surface area contributed by atoms with Crippen molar-refractivity contribution in [3.05, 3.63) is 34.1 Å². The molecule has 0 radical (unpaired) electrons. The third-order valence-corrected chi connectivity index (χ3v) is 2.59. The first kappa shape index (κ1) is 12.5. The molecule has 0 bridgehead atoms. The molecule has 0 fully saturated rings. The van der Waals surface area contributed by atoms with Crippen molar-refractivity contribution < 1.29 is 18.3 Å². The molecule has 0 aliphatic rings. The molecule has 1 rings (SSSR count). The van der Waals surface area contributed by atoms with Gasteiger partial charge in [-0.3, -0.25) is 0 Å². The molecule has 0 spiro atoms. The highest BCUT2D eigenvalue weighted by Gasteiger charge is 2.38. The summed E-state index contributed by atoms with van der Waals surface area (Å²) in [5.74, 6) is -4.38. The molecule has 0 saturated carbocycles. The zero-order valence-corrected chi connectivity index (χ0v) is 9.14. The minimum absolute atomic E-state index is 0.0594. The number of aliphatic hydroxyl groups excluding tert-OH is 1. The highest BCUT2D eigenvalue weighted by Crippen LogP contribution is 2.32. The maximum absolute atomic E-state index is 13.4. The quantitative estimate of drug-likeness (QED) is 0.894. The number of nitrogens with two attached hydrogens (primary N) is 1. The van der Waals surface area contributed by atoms with Gasteiger partial charge in [0.05, 0.1) is 10.5 Å². The normalized spacial score (nSPS) is 14.0. The van der Waals surface area contributed by atoms with Gasteiger partial charge in [-0.15, -0.1) is 0 Å². The Morgan fingerprint density at radius 2 is 2.07 bits per heavy atom. The van der Waals surface area contributed by atoms with Gasteiger partial charge in [0.15, 0.2) is 0 Å². The van der Waals surface area contributed by atoms with E-state index in [4.69, 9.17) is 10.8 Å². The van der Waals surface area contributed by atoms with Crippen LogP contribution in [0.1, 0.15) is 11.6 Å². The van der Waals surface area contributed by atoms with Crippen LogP contribution in [0.15, 0.2) is 22.7 Å². The first-order valence-electron chi connectivity index (χ1n) is 4.08. The average Bonchev–Trinajstić information content (AvgIpc) is 2.21. The van der Waals surface area contributed by atoms with E-state index in [1.807, 2.05) is 0 Å². The molecule has 2 nitrogen and oxygen atoms in total. The molecular weight excluding hydrogens is 275 g/mol. The van der Waals surface area contributed by atoms with Crippen LogP contribution in [0.3, 0.4) is 0 Å². The molecule has 0 heterocycles. The molecule has 84 valence electrons. The van der Waals surface area contributed by atoms with Crippen LogP contribution in [0.25, 0.3) is 0 Å². The van der Waals surface area contributed by atoms with Gasteiger partial charge in [-0.25, -0.2) is 13.2 Å². The van der Waals surface area contributed by atoms with E-state index >= 15 is 0 Å². The lowest BCUT2D eigenvalue weighted by Crippen LogP contribution is -2.36. The summed E-state index contributed by atoms with van der Waals surface area (Å²) < 4.78 is 39.4. The number of hydrogen-bond acceptors (Lipinski definition) is 2. The number of aliphatic hydroxyl groups is 1. The van der Waals surface area contributed by atoms with Crippen molar-refractivity contribution in [1.29, 1.82) is 0 Å². The second-order valence-corrected chi connectivity index (χ2v) is 3.89. The molecule has 3 N–H and O–H groups in total. The topological polar surface area (TPSA) is 46.2 Å². The van der Waals surface area contributed by atoms with Gasteiger partial charge in [0, 0.05) is 5.56 Å². The summed E-state index contributed by atoms with van der Waals surface area (Å²) in [6, 6.07) is 2.08. The van der Waals surface area contributed by atoms with E-state index in [0.717, 1.165) is 6.07 Å². The lowest BCUT2D eigenvalue weighted by atomic mass is 10.0. The van der Waals surface area contributed by atoms with Crippen molar-refractivity contribution in [2.75, 3.05) is 6.61 Å². The third kappa shape index (κ3) is 2.50. The van der Waals surface area contributed by atoms with Crippen molar-refractivity contribution in [2.45, 2.75) is 12.0 Å². The van der Waals surface area contributed by atoms with Crippen LogP contribution in [-0.4, -0.2) is 17.6 Å². The zero-order chi connectivity index (χ0) is 11.6. The Morgan fingerprint density at radius 1 is 1.47 bits per heavy atom. The SMILES string of the molecule is N[C@H](c1cccc(Br)c1F)C(F)(F)CO. The van der Waals surface area contributed by atoms with Gasteiger partial charge in [-0.2, -0.15) is 0 Å². The molecule has 1 aromatic rings. The Bertz CT molecular complexity index is 359. The Balaban J connectivity index is 3.12. The van der Waals surface area contributed by atoms with E-state index < -0.39 is 24.4 Å². The highest BCUT2D eigenvalue weighted by atomic mass is 79.9. The van der Waals surface area contributed by atoms with Gasteiger partial charge in [-0.05, 0) is 22.0 Å². The van der Waals surface area contributed by atoms with Gasteiger partial charge in [0.2, 0.25) is 0 Å². The number of halogens is 4. The van der Waals surface area contributed by atoms with Crippen LogP contribution in [0.4, 0.5) is 13.2 Å². The predicted molar refractivity (Wildman–Crippen MR) is 53.1 cm³/mol. The summed E-state index contributed by atoms with van der Waals surface area (Å²) in [5.41, 5.74) is 4.85. The molecule has 1 aromatic carbocycles. The maximum atomic E-state index is 13.4. The molecule has 0 amide bonds.